The summed E-state index contributed by atoms with van der Waals surface area (Å²) in [6.07, 6.45) is 0. The van der Waals surface area contributed by atoms with Gasteiger partial charge in [-0.25, -0.2) is 9.97 Å². The molecule has 2 aromatic heterocycles. The van der Waals surface area contributed by atoms with Gasteiger partial charge in [0, 0.05) is 32.7 Å². The third-order valence-electron chi connectivity index (χ3n) is 10.4. The highest BCUT2D eigenvalue weighted by Crippen LogP contribution is 2.54. The van der Waals surface area contributed by atoms with Crippen molar-refractivity contribution < 1.29 is 0 Å². The van der Waals surface area contributed by atoms with E-state index in [1.54, 1.807) is 0 Å². The third kappa shape index (κ3) is 3.76. The Kier molecular flexibility index (Phi) is 5.63. The minimum atomic E-state index is -0.176. The first-order chi connectivity index (χ1) is 23.6. The first-order valence-corrected chi connectivity index (χ1v) is 16.6. The molecule has 0 spiro atoms. The zero-order valence-corrected chi connectivity index (χ0v) is 26.8. The SMILES string of the molecule is CC1(C)c2ccccc2-c2c1c1ccc3ccccc3c1n2-c1nc(-c2cccc(-c3cccc4ccccc34)c2)c2ccccc2n1. The molecule has 1 aliphatic rings. The van der Waals surface area contributed by atoms with Crippen molar-refractivity contribution in [3.05, 3.63) is 163 Å². The second-order valence-corrected chi connectivity index (χ2v) is 13.4. The summed E-state index contributed by atoms with van der Waals surface area (Å²) in [7, 11) is 0. The van der Waals surface area contributed by atoms with Crippen LogP contribution in [0.3, 0.4) is 0 Å². The largest absolute Gasteiger partial charge is 0.277 e. The van der Waals surface area contributed by atoms with E-state index >= 15 is 0 Å². The van der Waals surface area contributed by atoms with Crippen LogP contribution in [0.15, 0.2) is 152 Å². The second kappa shape index (κ2) is 9.97. The number of aromatic nitrogens is 3. The van der Waals surface area contributed by atoms with Crippen molar-refractivity contribution in [1.29, 1.82) is 0 Å². The summed E-state index contributed by atoms with van der Waals surface area (Å²) in [6.45, 7) is 4.70. The summed E-state index contributed by atoms with van der Waals surface area (Å²) < 4.78 is 2.35. The van der Waals surface area contributed by atoms with Gasteiger partial charge in [0.25, 0.3) is 0 Å². The maximum absolute atomic E-state index is 5.52. The van der Waals surface area contributed by atoms with Gasteiger partial charge in [-0.2, -0.15) is 0 Å². The van der Waals surface area contributed by atoms with Crippen molar-refractivity contribution in [1.82, 2.24) is 14.5 Å². The summed E-state index contributed by atoms with van der Waals surface area (Å²) in [5, 5.41) is 7.18. The molecule has 7 aromatic carbocycles. The molecule has 1 aliphatic carbocycles. The van der Waals surface area contributed by atoms with Crippen LogP contribution in [0.4, 0.5) is 0 Å². The number of nitrogens with zero attached hydrogens (tertiary/aromatic N) is 3. The molecular weight excluding hydrogens is 583 g/mol. The number of para-hydroxylation sites is 1. The van der Waals surface area contributed by atoms with Crippen LogP contribution in [0.25, 0.3) is 82.9 Å². The first-order valence-electron chi connectivity index (χ1n) is 16.6. The van der Waals surface area contributed by atoms with Crippen LogP contribution in [-0.2, 0) is 5.41 Å². The van der Waals surface area contributed by atoms with E-state index in [0.29, 0.717) is 5.95 Å². The van der Waals surface area contributed by atoms with E-state index in [1.807, 2.05) is 0 Å². The minimum Gasteiger partial charge on any atom is -0.277 e. The summed E-state index contributed by atoms with van der Waals surface area (Å²) in [4.78, 5) is 10.9. The van der Waals surface area contributed by atoms with Crippen molar-refractivity contribution in [3.63, 3.8) is 0 Å². The van der Waals surface area contributed by atoms with E-state index in [-0.39, 0.29) is 5.41 Å². The molecule has 9 aromatic rings. The van der Waals surface area contributed by atoms with Crippen LogP contribution in [0.5, 0.6) is 0 Å². The summed E-state index contributed by atoms with van der Waals surface area (Å²) in [6, 6.07) is 54.4. The van der Waals surface area contributed by atoms with Crippen LogP contribution < -0.4 is 0 Å². The van der Waals surface area contributed by atoms with Crippen LogP contribution in [0.1, 0.15) is 25.0 Å². The minimum absolute atomic E-state index is 0.176. The van der Waals surface area contributed by atoms with E-state index in [1.165, 1.54) is 60.4 Å². The number of benzene rings is 7. The quantitative estimate of drug-likeness (QED) is 0.198. The molecule has 0 atom stereocenters. The predicted octanol–water partition coefficient (Wildman–Crippen LogP) is 11.5. The lowest BCUT2D eigenvalue weighted by atomic mass is 9.81. The fourth-order valence-electron chi connectivity index (χ4n) is 8.20. The molecule has 3 heteroatoms. The van der Waals surface area contributed by atoms with Crippen molar-refractivity contribution in [3.8, 4) is 39.6 Å². The van der Waals surface area contributed by atoms with Crippen LogP contribution in [-0.4, -0.2) is 14.5 Å². The van der Waals surface area contributed by atoms with Gasteiger partial charge in [0.2, 0.25) is 5.95 Å². The average Bonchev–Trinajstić information content (AvgIpc) is 3.61. The molecular formula is C45H31N3. The Morgan fingerprint density at radius 3 is 2.02 bits per heavy atom. The Bertz CT molecular complexity index is 2760. The monoisotopic (exact) mass is 613 g/mol. The molecule has 0 radical (unpaired) electrons. The van der Waals surface area contributed by atoms with E-state index in [4.69, 9.17) is 9.97 Å². The van der Waals surface area contributed by atoms with E-state index in [2.05, 4.69) is 170 Å². The topological polar surface area (TPSA) is 30.7 Å². The zero-order valence-electron chi connectivity index (χ0n) is 26.8. The maximum Gasteiger partial charge on any atom is 0.235 e. The fraction of sp³-hybridized carbons (Fsp3) is 0.0667. The number of hydrogen-bond acceptors (Lipinski definition) is 2. The van der Waals surface area contributed by atoms with Gasteiger partial charge in [0.15, 0.2) is 0 Å². The summed E-state index contributed by atoms with van der Waals surface area (Å²) in [5.41, 5.74) is 11.4. The van der Waals surface area contributed by atoms with E-state index < -0.39 is 0 Å². The molecule has 0 amide bonds. The van der Waals surface area contributed by atoms with Gasteiger partial charge in [0.05, 0.1) is 22.4 Å². The first kappa shape index (κ1) is 27.1. The molecule has 0 aliphatic heterocycles. The Balaban J connectivity index is 1.29. The average molecular weight is 614 g/mol. The van der Waals surface area contributed by atoms with Gasteiger partial charge in [-0.1, -0.05) is 153 Å². The standard InChI is InChI=1S/C45H31N3/c1-45(2)38-23-9-7-20-35(38)43-40(45)37-26-25-29-14-4-6-19-34(29)42(37)48(43)44-46-39-24-10-8-21-36(39)41(47-44)31-17-11-16-30(27-31)33-22-12-15-28-13-3-5-18-32(28)33/h3-27H,1-2H3. The van der Waals surface area contributed by atoms with Crippen molar-refractivity contribution in [2.24, 2.45) is 0 Å². The van der Waals surface area contributed by atoms with Crippen LogP contribution in [0, 0.1) is 0 Å². The Hall–Kier alpha value is -6.06. The summed E-state index contributed by atoms with van der Waals surface area (Å²) >= 11 is 0. The second-order valence-electron chi connectivity index (χ2n) is 13.4. The third-order valence-corrected chi connectivity index (χ3v) is 10.4. The Labute approximate surface area is 278 Å². The normalized spacial score (nSPS) is 13.4. The lowest BCUT2D eigenvalue weighted by Gasteiger charge is -2.21. The molecule has 0 unspecified atom stereocenters. The van der Waals surface area contributed by atoms with Crippen molar-refractivity contribution in [2.75, 3.05) is 0 Å². The molecule has 10 rings (SSSR count). The highest BCUT2D eigenvalue weighted by molar-refractivity contribution is 6.12. The van der Waals surface area contributed by atoms with Gasteiger partial charge in [-0.05, 0) is 50.5 Å². The number of fused-ring (bicyclic) bond motifs is 9. The Morgan fingerprint density at radius 1 is 0.500 bits per heavy atom. The highest BCUT2D eigenvalue weighted by atomic mass is 15.2. The molecule has 3 nitrogen and oxygen atoms in total. The predicted molar refractivity (Wildman–Crippen MR) is 200 cm³/mol. The van der Waals surface area contributed by atoms with Gasteiger partial charge < -0.3 is 0 Å². The van der Waals surface area contributed by atoms with Gasteiger partial charge in [0.1, 0.15) is 0 Å². The molecule has 0 N–H and O–H groups in total. The van der Waals surface area contributed by atoms with Gasteiger partial charge >= 0.3 is 0 Å². The molecule has 2 heterocycles. The zero-order chi connectivity index (χ0) is 32.0. The lowest BCUT2D eigenvalue weighted by Crippen LogP contribution is -2.14. The van der Waals surface area contributed by atoms with Gasteiger partial charge in [-0.15, -0.1) is 0 Å². The molecule has 226 valence electrons. The molecule has 0 fully saturated rings. The number of hydrogen-bond donors (Lipinski definition) is 0. The van der Waals surface area contributed by atoms with Crippen molar-refractivity contribution in [2.45, 2.75) is 19.3 Å². The van der Waals surface area contributed by atoms with Crippen molar-refractivity contribution >= 4 is 43.4 Å². The molecule has 0 bridgehead atoms. The highest BCUT2D eigenvalue weighted by Gasteiger charge is 2.41. The lowest BCUT2D eigenvalue weighted by molar-refractivity contribution is 0.666. The molecule has 0 saturated heterocycles. The smallest absolute Gasteiger partial charge is 0.235 e. The molecule has 48 heavy (non-hydrogen) atoms. The van der Waals surface area contributed by atoms with Crippen LogP contribution >= 0.6 is 0 Å². The maximum atomic E-state index is 5.52. The summed E-state index contributed by atoms with van der Waals surface area (Å²) in [5.74, 6) is 0.689. The van der Waals surface area contributed by atoms with E-state index in [9.17, 15) is 0 Å². The molecule has 0 saturated carbocycles. The van der Waals surface area contributed by atoms with Crippen LogP contribution in [0.2, 0.25) is 0 Å². The van der Waals surface area contributed by atoms with E-state index in [0.717, 1.165) is 27.7 Å². The number of rotatable bonds is 3. The fourth-order valence-corrected chi connectivity index (χ4v) is 8.20. The Morgan fingerprint density at radius 2 is 1.15 bits per heavy atom. The van der Waals surface area contributed by atoms with Gasteiger partial charge in [-0.3, -0.25) is 4.57 Å².